The van der Waals surface area contributed by atoms with Gasteiger partial charge in [0.15, 0.2) is 0 Å². The van der Waals surface area contributed by atoms with Crippen LogP contribution in [0.3, 0.4) is 0 Å². The van der Waals surface area contributed by atoms with Crippen molar-refractivity contribution in [3.8, 4) is 5.75 Å². The Kier molecular flexibility index (Phi) is 4.16. The number of para-hydroxylation sites is 1. The molecule has 0 aliphatic rings. The molecule has 112 valence electrons. The molecule has 0 aliphatic carbocycles. The van der Waals surface area contributed by atoms with Crippen LogP contribution in [0.1, 0.15) is 11.1 Å². The molecule has 0 amide bonds. The third kappa shape index (κ3) is 2.71. The second-order valence-electron chi connectivity index (χ2n) is 4.42. The standard InChI is InChI=1S/C15H12ClF3O2/c1-21-13-8-3-2-7-12(13)14(20,15(17,18)19)10-5-4-6-11(16)9-10/h2-9,20H,1H3. The van der Waals surface area contributed by atoms with E-state index in [-0.39, 0.29) is 21.9 Å². The van der Waals surface area contributed by atoms with Crippen LogP contribution in [0.5, 0.6) is 5.75 Å². The molecule has 0 spiro atoms. The zero-order valence-electron chi connectivity index (χ0n) is 11.0. The van der Waals surface area contributed by atoms with E-state index in [4.69, 9.17) is 16.3 Å². The van der Waals surface area contributed by atoms with E-state index in [1.165, 1.54) is 49.6 Å². The van der Waals surface area contributed by atoms with Crippen molar-refractivity contribution >= 4 is 11.6 Å². The molecule has 21 heavy (non-hydrogen) atoms. The van der Waals surface area contributed by atoms with E-state index >= 15 is 0 Å². The molecule has 1 N–H and O–H groups in total. The van der Waals surface area contributed by atoms with Crippen molar-refractivity contribution in [2.45, 2.75) is 11.8 Å². The summed E-state index contributed by atoms with van der Waals surface area (Å²) in [6.45, 7) is 0. The van der Waals surface area contributed by atoms with Crippen molar-refractivity contribution in [1.29, 1.82) is 0 Å². The van der Waals surface area contributed by atoms with Crippen molar-refractivity contribution in [3.63, 3.8) is 0 Å². The van der Waals surface area contributed by atoms with Crippen molar-refractivity contribution in [2.24, 2.45) is 0 Å². The van der Waals surface area contributed by atoms with E-state index < -0.39 is 11.8 Å². The fraction of sp³-hybridized carbons (Fsp3) is 0.200. The number of halogens is 4. The van der Waals surface area contributed by atoms with Crippen molar-refractivity contribution in [3.05, 3.63) is 64.7 Å². The van der Waals surface area contributed by atoms with Gasteiger partial charge in [-0.2, -0.15) is 13.2 Å². The van der Waals surface area contributed by atoms with E-state index in [0.717, 1.165) is 6.07 Å². The van der Waals surface area contributed by atoms with Gasteiger partial charge in [-0.3, -0.25) is 0 Å². The monoisotopic (exact) mass is 316 g/mol. The van der Waals surface area contributed by atoms with Gasteiger partial charge in [0, 0.05) is 10.6 Å². The minimum Gasteiger partial charge on any atom is -0.496 e. The summed E-state index contributed by atoms with van der Waals surface area (Å²) in [6.07, 6.45) is -4.94. The number of hydrogen-bond acceptors (Lipinski definition) is 2. The number of rotatable bonds is 3. The normalized spacial score (nSPS) is 14.6. The van der Waals surface area contributed by atoms with Gasteiger partial charge in [0.25, 0.3) is 0 Å². The molecule has 2 rings (SSSR count). The first-order valence-electron chi connectivity index (χ1n) is 5.99. The Morgan fingerprint density at radius 3 is 2.29 bits per heavy atom. The van der Waals surface area contributed by atoms with Crippen LogP contribution in [0.4, 0.5) is 13.2 Å². The molecular weight excluding hydrogens is 305 g/mol. The lowest BCUT2D eigenvalue weighted by molar-refractivity contribution is -0.248. The first-order chi connectivity index (χ1) is 9.80. The maximum absolute atomic E-state index is 13.6. The predicted octanol–water partition coefficient (Wildman–Crippen LogP) is 4.15. The second-order valence-corrected chi connectivity index (χ2v) is 4.86. The van der Waals surface area contributed by atoms with Gasteiger partial charge in [0.1, 0.15) is 5.75 Å². The van der Waals surface area contributed by atoms with E-state index in [1.807, 2.05) is 0 Å². The molecule has 0 fully saturated rings. The number of benzene rings is 2. The third-order valence-corrected chi connectivity index (χ3v) is 3.38. The number of aliphatic hydroxyl groups is 1. The topological polar surface area (TPSA) is 29.5 Å². The smallest absolute Gasteiger partial charge is 0.425 e. The highest BCUT2D eigenvalue weighted by Gasteiger charge is 2.57. The van der Waals surface area contributed by atoms with Crippen LogP contribution in [0, 0.1) is 0 Å². The minimum atomic E-state index is -4.94. The Bertz CT molecular complexity index is 643. The van der Waals surface area contributed by atoms with Crippen LogP contribution >= 0.6 is 11.6 Å². The average Bonchev–Trinajstić information content (AvgIpc) is 2.45. The molecule has 2 nitrogen and oxygen atoms in total. The van der Waals surface area contributed by atoms with E-state index in [9.17, 15) is 18.3 Å². The Balaban J connectivity index is 2.75. The molecule has 0 radical (unpaired) electrons. The largest absolute Gasteiger partial charge is 0.496 e. The molecule has 0 saturated heterocycles. The molecule has 1 atom stereocenters. The van der Waals surface area contributed by atoms with Crippen LogP contribution in [0.25, 0.3) is 0 Å². The van der Waals surface area contributed by atoms with Crippen molar-refractivity contribution in [1.82, 2.24) is 0 Å². The summed E-state index contributed by atoms with van der Waals surface area (Å²) in [5, 5.41) is 10.6. The van der Waals surface area contributed by atoms with Crippen molar-refractivity contribution in [2.75, 3.05) is 7.11 Å². The Morgan fingerprint density at radius 2 is 1.71 bits per heavy atom. The number of ether oxygens (including phenoxy) is 1. The highest BCUT2D eigenvalue weighted by atomic mass is 35.5. The van der Waals surface area contributed by atoms with E-state index in [2.05, 4.69) is 0 Å². The van der Waals surface area contributed by atoms with Gasteiger partial charge in [0.05, 0.1) is 7.11 Å². The molecule has 0 bridgehead atoms. The quantitative estimate of drug-likeness (QED) is 0.922. The first-order valence-corrected chi connectivity index (χ1v) is 6.37. The fourth-order valence-electron chi connectivity index (χ4n) is 2.13. The van der Waals surface area contributed by atoms with Gasteiger partial charge in [0.2, 0.25) is 5.60 Å². The summed E-state index contributed by atoms with van der Waals surface area (Å²) in [5.74, 6) is -0.0581. The summed E-state index contributed by atoms with van der Waals surface area (Å²) < 4.78 is 45.7. The van der Waals surface area contributed by atoms with Crippen LogP contribution in [-0.4, -0.2) is 18.4 Å². The predicted molar refractivity (Wildman–Crippen MR) is 73.5 cm³/mol. The highest BCUT2D eigenvalue weighted by Crippen LogP contribution is 2.47. The lowest BCUT2D eigenvalue weighted by atomic mass is 9.85. The summed E-state index contributed by atoms with van der Waals surface area (Å²) in [7, 11) is 1.24. The maximum atomic E-state index is 13.6. The molecule has 0 aromatic heterocycles. The van der Waals surface area contributed by atoms with Crippen molar-refractivity contribution < 1.29 is 23.0 Å². The van der Waals surface area contributed by atoms with Gasteiger partial charge in [-0.25, -0.2) is 0 Å². The SMILES string of the molecule is COc1ccccc1C(O)(c1cccc(Cl)c1)C(F)(F)F. The summed E-state index contributed by atoms with van der Waals surface area (Å²) in [4.78, 5) is 0. The summed E-state index contributed by atoms with van der Waals surface area (Å²) >= 11 is 5.75. The fourth-order valence-corrected chi connectivity index (χ4v) is 2.32. The van der Waals surface area contributed by atoms with Gasteiger partial charge in [-0.15, -0.1) is 0 Å². The zero-order valence-corrected chi connectivity index (χ0v) is 11.7. The zero-order chi connectivity index (χ0) is 15.7. The lowest BCUT2D eigenvalue weighted by Crippen LogP contribution is -2.43. The minimum absolute atomic E-state index is 0.0581. The number of alkyl halides is 3. The van der Waals surface area contributed by atoms with Gasteiger partial charge < -0.3 is 9.84 Å². The molecular formula is C15H12ClF3O2. The van der Waals surface area contributed by atoms with Crippen LogP contribution < -0.4 is 4.74 Å². The summed E-state index contributed by atoms with van der Waals surface area (Å²) in [5.41, 5.74) is -3.96. The molecule has 0 saturated carbocycles. The maximum Gasteiger partial charge on any atom is 0.425 e. The van der Waals surface area contributed by atoms with Crippen LogP contribution in [0.2, 0.25) is 5.02 Å². The average molecular weight is 317 g/mol. The Hall–Kier alpha value is -1.72. The lowest BCUT2D eigenvalue weighted by Gasteiger charge is -2.32. The molecule has 1 unspecified atom stereocenters. The van der Waals surface area contributed by atoms with Gasteiger partial charge in [-0.1, -0.05) is 41.9 Å². The van der Waals surface area contributed by atoms with Gasteiger partial charge >= 0.3 is 6.18 Å². The second kappa shape index (κ2) is 5.58. The molecule has 2 aromatic rings. The van der Waals surface area contributed by atoms with Crippen LogP contribution in [0.15, 0.2) is 48.5 Å². The number of methoxy groups -OCH3 is 1. The molecule has 6 heteroatoms. The molecule has 0 aliphatic heterocycles. The van der Waals surface area contributed by atoms with Gasteiger partial charge in [-0.05, 0) is 23.8 Å². The Labute approximate surface area is 124 Å². The van der Waals surface area contributed by atoms with E-state index in [0.29, 0.717) is 0 Å². The molecule has 2 aromatic carbocycles. The molecule has 0 heterocycles. The Morgan fingerprint density at radius 1 is 1.05 bits per heavy atom. The van der Waals surface area contributed by atoms with E-state index in [1.54, 1.807) is 0 Å². The first kappa shape index (κ1) is 15.7. The highest BCUT2D eigenvalue weighted by molar-refractivity contribution is 6.30. The number of hydrogen-bond donors (Lipinski definition) is 1. The van der Waals surface area contributed by atoms with Crippen LogP contribution in [-0.2, 0) is 5.60 Å². The third-order valence-electron chi connectivity index (χ3n) is 3.15. The summed E-state index contributed by atoms with van der Waals surface area (Å²) in [6, 6.07) is 10.5.